The molecular weight excluding hydrogens is 212 g/mol. The van der Waals surface area contributed by atoms with E-state index in [9.17, 15) is 0 Å². The van der Waals surface area contributed by atoms with Crippen LogP contribution in [0.5, 0.6) is 0 Å². The van der Waals surface area contributed by atoms with Crippen molar-refractivity contribution in [3.05, 3.63) is 20.9 Å². The Kier molecular flexibility index (Phi) is 6.12. The predicted octanol–water partition coefficient (Wildman–Crippen LogP) is 5.58. The van der Waals surface area contributed by atoms with Crippen molar-refractivity contribution in [3.63, 3.8) is 0 Å². The van der Waals surface area contributed by atoms with Gasteiger partial charge in [0.15, 0.2) is 0 Å². The molecule has 0 saturated carbocycles. The summed E-state index contributed by atoms with van der Waals surface area (Å²) in [5.74, 6) is 0. The van der Waals surface area contributed by atoms with Crippen molar-refractivity contribution in [3.8, 4) is 0 Å². The Balaban J connectivity index is 2.26. The second kappa shape index (κ2) is 7.11. The van der Waals surface area contributed by atoms with E-state index in [-0.39, 0.29) is 0 Å². The molecule has 0 unspecified atom stereocenters. The Hall–Kier alpha value is -0.300. The smallest absolute Gasteiger partial charge is 0.00517 e. The van der Waals surface area contributed by atoms with Crippen molar-refractivity contribution in [2.24, 2.45) is 0 Å². The van der Waals surface area contributed by atoms with Gasteiger partial charge in [-0.1, -0.05) is 39.0 Å². The van der Waals surface area contributed by atoms with Gasteiger partial charge in [-0.15, -0.1) is 11.3 Å². The maximum absolute atomic E-state index is 2.28. The van der Waals surface area contributed by atoms with Crippen LogP contribution in [-0.2, 0) is 6.42 Å². The van der Waals surface area contributed by atoms with Gasteiger partial charge in [0.2, 0.25) is 0 Å². The SMILES string of the molecule is CCCCCCCCc1c(C)sc(C)c1C. The Morgan fingerprint density at radius 2 is 1.44 bits per heavy atom. The lowest BCUT2D eigenvalue weighted by Gasteiger charge is -2.03. The normalized spacial score (nSPS) is 11.0. The molecular formula is C15H26S. The fourth-order valence-corrected chi connectivity index (χ4v) is 3.40. The fourth-order valence-electron chi connectivity index (χ4n) is 2.29. The number of unbranched alkanes of at least 4 members (excludes halogenated alkanes) is 5. The van der Waals surface area contributed by atoms with Crippen LogP contribution in [0.1, 0.15) is 66.3 Å². The van der Waals surface area contributed by atoms with Gasteiger partial charge in [0, 0.05) is 9.75 Å². The van der Waals surface area contributed by atoms with Crippen LogP contribution in [0.3, 0.4) is 0 Å². The van der Waals surface area contributed by atoms with Gasteiger partial charge in [0.25, 0.3) is 0 Å². The zero-order valence-corrected chi connectivity index (χ0v) is 12.2. The molecule has 1 heteroatoms. The quantitative estimate of drug-likeness (QED) is 0.544. The second-order valence-electron chi connectivity index (χ2n) is 4.84. The number of hydrogen-bond acceptors (Lipinski definition) is 1. The van der Waals surface area contributed by atoms with Crippen LogP contribution >= 0.6 is 11.3 Å². The van der Waals surface area contributed by atoms with Gasteiger partial charge in [0.05, 0.1) is 0 Å². The van der Waals surface area contributed by atoms with Gasteiger partial charge in [-0.3, -0.25) is 0 Å². The first-order valence-electron chi connectivity index (χ1n) is 6.72. The van der Waals surface area contributed by atoms with E-state index in [1.807, 2.05) is 11.3 Å². The molecule has 0 saturated heterocycles. The highest BCUT2D eigenvalue weighted by Gasteiger charge is 2.08. The summed E-state index contributed by atoms with van der Waals surface area (Å²) in [7, 11) is 0. The molecule has 0 atom stereocenters. The lowest BCUT2D eigenvalue weighted by atomic mass is 10.0. The van der Waals surface area contributed by atoms with Gasteiger partial charge >= 0.3 is 0 Å². The van der Waals surface area contributed by atoms with Gasteiger partial charge in [-0.2, -0.15) is 0 Å². The van der Waals surface area contributed by atoms with E-state index in [1.165, 1.54) is 49.8 Å². The average molecular weight is 238 g/mol. The number of thiophene rings is 1. The Labute approximate surface area is 105 Å². The molecule has 0 aromatic carbocycles. The fraction of sp³-hybridized carbons (Fsp3) is 0.733. The van der Waals surface area contributed by atoms with Crippen LogP contribution in [0.2, 0.25) is 0 Å². The van der Waals surface area contributed by atoms with E-state index in [0.29, 0.717) is 0 Å². The summed E-state index contributed by atoms with van der Waals surface area (Å²) in [6, 6.07) is 0. The zero-order valence-electron chi connectivity index (χ0n) is 11.4. The number of hydrogen-bond donors (Lipinski definition) is 0. The molecule has 16 heavy (non-hydrogen) atoms. The molecule has 1 heterocycles. The predicted molar refractivity (Wildman–Crippen MR) is 75.6 cm³/mol. The van der Waals surface area contributed by atoms with Crippen molar-refractivity contribution < 1.29 is 0 Å². The zero-order chi connectivity index (χ0) is 12.0. The molecule has 0 aliphatic rings. The van der Waals surface area contributed by atoms with Crippen LogP contribution in [0.25, 0.3) is 0 Å². The Bertz CT molecular complexity index is 309. The summed E-state index contributed by atoms with van der Waals surface area (Å²) >= 11 is 1.97. The molecule has 0 radical (unpaired) electrons. The molecule has 0 N–H and O–H groups in total. The second-order valence-corrected chi connectivity index (χ2v) is 6.26. The van der Waals surface area contributed by atoms with Crippen LogP contribution in [0, 0.1) is 20.8 Å². The highest BCUT2D eigenvalue weighted by molar-refractivity contribution is 7.12. The van der Waals surface area contributed by atoms with Gasteiger partial charge in [-0.05, 0) is 44.7 Å². The molecule has 0 bridgehead atoms. The van der Waals surface area contributed by atoms with Crippen molar-refractivity contribution in [2.75, 3.05) is 0 Å². The van der Waals surface area contributed by atoms with Crippen LogP contribution in [0.4, 0.5) is 0 Å². The van der Waals surface area contributed by atoms with E-state index in [0.717, 1.165) is 0 Å². The van der Waals surface area contributed by atoms with E-state index < -0.39 is 0 Å². The van der Waals surface area contributed by atoms with Crippen LogP contribution in [-0.4, -0.2) is 0 Å². The van der Waals surface area contributed by atoms with E-state index in [4.69, 9.17) is 0 Å². The van der Waals surface area contributed by atoms with Crippen molar-refractivity contribution in [1.82, 2.24) is 0 Å². The molecule has 0 amide bonds. The molecule has 1 aromatic rings. The first-order valence-corrected chi connectivity index (χ1v) is 7.54. The largest absolute Gasteiger partial charge is 0.145 e. The first-order chi connectivity index (χ1) is 7.66. The summed E-state index contributed by atoms with van der Waals surface area (Å²) in [6.07, 6.45) is 9.70. The highest BCUT2D eigenvalue weighted by Crippen LogP contribution is 2.28. The van der Waals surface area contributed by atoms with E-state index in [2.05, 4.69) is 27.7 Å². The highest BCUT2D eigenvalue weighted by atomic mass is 32.1. The van der Waals surface area contributed by atoms with Crippen LogP contribution < -0.4 is 0 Å². The van der Waals surface area contributed by atoms with Gasteiger partial charge in [-0.25, -0.2) is 0 Å². The maximum Gasteiger partial charge on any atom is 0.00517 e. The summed E-state index contributed by atoms with van der Waals surface area (Å²) in [5.41, 5.74) is 3.19. The summed E-state index contributed by atoms with van der Waals surface area (Å²) in [4.78, 5) is 3.06. The van der Waals surface area contributed by atoms with Crippen molar-refractivity contribution in [1.29, 1.82) is 0 Å². The molecule has 92 valence electrons. The Morgan fingerprint density at radius 3 is 2.00 bits per heavy atom. The van der Waals surface area contributed by atoms with Crippen LogP contribution in [0.15, 0.2) is 0 Å². The third-order valence-electron chi connectivity index (χ3n) is 3.49. The maximum atomic E-state index is 2.28. The van der Waals surface area contributed by atoms with Crippen molar-refractivity contribution in [2.45, 2.75) is 72.6 Å². The molecule has 0 aliphatic heterocycles. The van der Waals surface area contributed by atoms with E-state index >= 15 is 0 Å². The molecule has 0 aliphatic carbocycles. The molecule has 1 rings (SSSR count). The summed E-state index contributed by atoms with van der Waals surface area (Å²) in [5, 5.41) is 0. The standard InChI is InChI=1S/C15H26S/c1-5-6-7-8-9-10-11-15-12(2)13(3)16-14(15)4/h5-11H2,1-4H3. The number of rotatable bonds is 7. The average Bonchev–Trinajstić information content (AvgIpc) is 2.49. The molecule has 0 nitrogen and oxygen atoms in total. The van der Waals surface area contributed by atoms with E-state index in [1.54, 1.807) is 16.0 Å². The Morgan fingerprint density at radius 1 is 0.812 bits per heavy atom. The minimum absolute atomic E-state index is 1.30. The monoisotopic (exact) mass is 238 g/mol. The molecule has 0 spiro atoms. The lowest BCUT2D eigenvalue weighted by molar-refractivity contribution is 0.607. The summed E-state index contributed by atoms with van der Waals surface area (Å²) in [6.45, 7) is 9.08. The molecule has 1 aromatic heterocycles. The first kappa shape index (κ1) is 13.8. The van der Waals surface area contributed by atoms with Gasteiger partial charge < -0.3 is 0 Å². The third kappa shape index (κ3) is 3.93. The van der Waals surface area contributed by atoms with Gasteiger partial charge in [0.1, 0.15) is 0 Å². The summed E-state index contributed by atoms with van der Waals surface area (Å²) < 4.78 is 0. The number of aryl methyl sites for hydroxylation is 2. The minimum Gasteiger partial charge on any atom is -0.145 e. The topological polar surface area (TPSA) is 0 Å². The van der Waals surface area contributed by atoms with Crippen molar-refractivity contribution >= 4 is 11.3 Å². The third-order valence-corrected chi connectivity index (χ3v) is 4.66. The molecule has 0 fully saturated rings. The minimum atomic E-state index is 1.30. The lowest BCUT2D eigenvalue weighted by Crippen LogP contribution is -1.89.